The van der Waals surface area contributed by atoms with Crippen LogP contribution in [0.2, 0.25) is 0 Å². The Hall–Kier alpha value is -1.33. The number of aliphatic hydroxyl groups is 1. The lowest BCUT2D eigenvalue weighted by atomic mass is 9.78. The highest BCUT2D eigenvalue weighted by molar-refractivity contribution is 5.33. The number of hydrogen-bond acceptors (Lipinski definition) is 2. The van der Waals surface area contributed by atoms with Gasteiger partial charge >= 0.3 is 0 Å². The van der Waals surface area contributed by atoms with Crippen LogP contribution < -0.4 is 0 Å². The normalized spacial score (nSPS) is 26.2. The monoisotopic (exact) mass is 229 g/mol. The van der Waals surface area contributed by atoms with Crippen LogP contribution in [0.1, 0.15) is 49.8 Å². The molecule has 90 valence electrons. The molecule has 0 radical (unpaired) electrons. The molecule has 0 aliphatic heterocycles. The minimum Gasteiger partial charge on any atom is -0.388 e. The van der Waals surface area contributed by atoms with Crippen LogP contribution in [0, 0.1) is 23.2 Å². The first-order valence-corrected chi connectivity index (χ1v) is 6.39. The third kappa shape index (κ3) is 2.87. The second-order valence-corrected chi connectivity index (χ2v) is 5.21. The summed E-state index contributed by atoms with van der Waals surface area (Å²) >= 11 is 0. The highest BCUT2D eigenvalue weighted by atomic mass is 16.3. The summed E-state index contributed by atoms with van der Waals surface area (Å²) in [5, 5.41) is 19.2. The lowest BCUT2D eigenvalue weighted by Crippen LogP contribution is -2.20. The molecule has 3 unspecified atom stereocenters. The Labute approximate surface area is 103 Å². The maximum Gasteiger partial charge on any atom is 0.0991 e. The first-order chi connectivity index (χ1) is 8.20. The highest BCUT2D eigenvalue weighted by Gasteiger charge is 2.26. The van der Waals surface area contributed by atoms with E-state index in [1.54, 1.807) is 6.07 Å². The summed E-state index contributed by atoms with van der Waals surface area (Å²) in [5.41, 5.74) is 1.52. The maximum atomic E-state index is 10.4. The number of rotatable bonds is 2. The zero-order valence-electron chi connectivity index (χ0n) is 10.3. The van der Waals surface area contributed by atoms with Crippen molar-refractivity contribution in [3.05, 3.63) is 35.4 Å². The molecule has 1 saturated carbocycles. The molecule has 1 fully saturated rings. The van der Waals surface area contributed by atoms with Crippen molar-refractivity contribution < 1.29 is 5.11 Å². The fraction of sp³-hybridized carbons (Fsp3) is 0.533. The van der Waals surface area contributed by atoms with Gasteiger partial charge in [-0.3, -0.25) is 0 Å². The quantitative estimate of drug-likeness (QED) is 0.844. The number of benzene rings is 1. The third-order valence-electron chi connectivity index (χ3n) is 3.78. The van der Waals surface area contributed by atoms with Gasteiger partial charge in [-0.1, -0.05) is 31.9 Å². The van der Waals surface area contributed by atoms with Crippen molar-refractivity contribution in [1.29, 1.82) is 5.26 Å². The molecule has 2 heteroatoms. The van der Waals surface area contributed by atoms with Gasteiger partial charge in [-0.25, -0.2) is 0 Å². The van der Waals surface area contributed by atoms with Gasteiger partial charge in [0.15, 0.2) is 0 Å². The molecular weight excluding hydrogens is 210 g/mol. The molecule has 1 aliphatic rings. The molecule has 1 N–H and O–H groups in total. The van der Waals surface area contributed by atoms with Crippen LogP contribution in [0.25, 0.3) is 0 Å². The van der Waals surface area contributed by atoms with Crippen LogP contribution in [-0.4, -0.2) is 5.11 Å². The Kier molecular flexibility index (Phi) is 3.81. The number of nitriles is 1. The van der Waals surface area contributed by atoms with E-state index in [9.17, 15) is 5.11 Å². The topological polar surface area (TPSA) is 44.0 Å². The Morgan fingerprint density at radius 2 is 2.24 bits per heavy atom. The van der Waals surface area contributed by atoms with E-state index in [0.717, 1.165) is 18.4 Å². The molecule has 2 nitrogen and oxygen atoms in total. The van der Waals surface area contributed by atoms with Gasteiger partial charge in [-0.2, -0.15) is 5.26 Å². The summed E-state index contributed by atoms with van der Waals surface area (Å²) in [7, 11) is 0. The van der Waals surface area contributed by atoms with Crippen molar-refractivity contribution in [3.63, 3.8) is 0 Å². The van der Waals surface area contributed by atoms with Crippen LogP contribution in [0.5, 0.6) is 0 Å². The zero-order valence-corrected chi connectivity index (χ0v) is 10.3. The van der Waals surface area contributed by atoms with E-state index in [-0.39, 0.29) is 0 Å². The van der Waals surface area contributed by atoms with Crippen LogP contribution in [0.15, 0.2) is 24.3 Å². The smallest absolute Gasteiger partial charge is 0.0991 e. The van der Waals surface area contributed by atoms with E-state index >= 15 is 0 Å². The van der Waals surface area contributed by atoms with Crippen LogP contribution in [-0.2, 0) is 0 Å². The molecule has 0 spiro atoms. The van der Waals surface area contributed by atoms with E-state index in [4.69, 9.17) is 5.26 Å². The summed E-state index contributed by atoms with van der Waals surface area (Å²) < 4.78 is 0. The molecule has 0 bridgehead atoms. The van der Waals surface area contributed by atoms with E-state index in [2.05, 4.69) is 13.0 Å². The van der Waals surface area contributed by atoms with E-state index < -0.39 is 6.10 Å². The third-order valence-corrected chi connectivity index (χ3v) is 3.78. The van der Waals surface area contributed by atoms with Crippen LogP contribution >= 0.6 is 0 Å². The highest BCUT2D eigenvalue weighted by Crippen LogP contribution is 2.37. The van der Waals surface area contributed by atoms with E-state index in [1.165, 1.54) is 12.8 Å². The summed E-state index contributed by atoms with van der Waals surface area (Å²) in [6.07, 6.45) is 4.27. The Bertz CT molecular complexity index is 421. The summed E-state index contributed by atoms with van der Waals surface area (Å²) in [6, 6.07) is 9.48. The maximum absolute atomic E-state index is 10.4. The van der Waals surface area contributed by atoms with Gasteiger partial charge in [-0.15, -0.1) is 0 Å². The second-order valence-electron chi connectivity index (χ2n) is 5.21. The van der Waals surface area contributed by atoms with Crippen molar-refractivity contribution in [3.8, 4) is 6.07 Å². The van der Waals surface area contributed by atoms with Crippen LogP contribution in [0.4, 0.5) is 0 Å². The van der Waals surface area contributed by atoms with Gasteiger partial charge in [0.1, 0.15) is 0 Å². The molecular formula is C15H19NO. The minimum atomic E-state index is -0.411. The molecule has 17 heavy (non-hydrogen) atoms. The molecule has 0 amide bonds. The summed E-state index contributed by atoms with van der Waals surface area (Å²) in [5.74, 6) is 1.07. The van der Waals surface area contributed by atoms with Crippen molar-refractivity contribution in [2.75, 3.05) is 0 Å². The average molecular weight is 229 g/mol. The minimum absolute atomic E-state index is 0.354. The van der Waals surface area contributed by atoms with Crippen molar-refractivity contribution in [2.24, 2.45) is 11.8 Å². The first kappa shape index (κ1) is 12.1. The number of nitrogens with zero attached hydrogens (tertiary/aromatic N) is 1. The predicted octanol–water partition coefficient (Wildman–Crippen LogP) is 3.42. The van der Waals surface area contributed by atoms with Crippen molar-refractivity contribution >= 4 is 0 Å². The zero-order chi connectivity index (χ0) is 12.3. The van der Waals surface area contributed by atoms with E-state index in [1.807, 2.05) is 18.2 Å². The lowest BCUT2D eigenvalue weighted by molar-refractivity contribution is 0.0714. The Morgan fingerprint density at radius 3 is 2.94 bits per heavy atom. The number of hydrogen-bond donors (Lipinski definition) is 1. The molecule has 1 aromatic rings. The van der Waals surface area contributed by atoms with Gasteiger partial charge in [-0.05, 0) is 42.4 Å². The largest absolute Gasteiger partial charge is 0.388 e. The molecule has 2 rings (SSSR count). The van der Waals surface area contributed by atoms with Gasteiger partial charge < -0.3 is 5.11 Å². The number of aliphatic hydroxyl groups excluding tert-OH is 1. The lowest BCUT2D eigenvalue weighted by Gasteiger charge is -2.30. The first-order valence-electron chi connectivity index (χ1n) is 6.39. The molecule has 0 saturated heterocycles. The standard InChI is InChI=1S/C15H19NO/c1-11-4-2-6-13(8-11)15(17)14-7-3-5-12(9-14)10-16/h3,5,7,9,11,13,15,17H,2,4,6,8H2,1H3. The fourth-order valence-corrected chi connectivity index (χ4v) is 2.83. The molecule has 0 aromatic heterocycles. The Balaban J connectivity index is 2.13. The van der Waals surface area contributed by atoms with E-state index in [0.29, 0.717) is 17.4 Å². The van der Waals surface area contributed by atoms with Crippen molar-refractivity contribution in [2.45, 2.75) is 38.7 Å². The van der Waals surface area contributed by atoms with Crippen molar-refractivity contribution in [1.82, 2.24) is 0 Å². The second kappa shape index (κ2) is 5.33. The van der Waals surface area contributed by atoms with Gasteiger partial charge in [0, 0.05) is 0 Å². The molecule has 1 aromatic carbocycles. The average Bonchev–Trinajstić information content (AvgIpc) is 2.38. The molecule has 3 atom stereocenters. The van der Waals surface area contributed by atoms with Gasteiger partial charge in [0.2, 0.25) is 0 Å². The molecule has 0 heterocycles. The Morgan fingerprint density at radius 1 is 1.41 bits per heavy atom. The van der Waals surface area contributed by atoms with Gasteiger partial charge in [0.25, 0.3) is 0 Å². The summed E-state index contributed by atoms with van der Waals surface area (Å²) in [6.45, 7) is 2.25. The SMILES string of the molecule is CC1CCCC(C(O)c2cccc(C#N)c2)C1. The molecule has 1 aliphatic carbocycles. The fourth-order valence-electron chi connectivity index (χ4n) is 2.83. The predicted molar refractivity (Wildman–Crippen MR) is 67.2 cm³/mol. The van der Waals surface area contributed by atoms with Gasteiger partial charge in [0.05, 0.1) is 17.7 Å². The van der Waals surface area contributed by atoms with Crippen LogP contribution in [0.3, 0.4) is 0 Å². The summed E-state index contributed by atoms with van der Waals surface area (Å²) in [4.78, 5) is 0.